The number of benzene rings is 2. The van der Waals surface area contributed by atoms with Gasteiger partial charge in [-0.1, -0.05) is 42.5 Å². The number of H-pyrrole nitrogens is 1. The van der Waals surface area contributed by atoms with Gasteiger partial charge in [0.15, 0.2) is 5.78 Å². The highest BCUT2D eigenvalue weighted by Gasteiger charge is 2.36. The van der Waals surface area contributed by atoms with Crippen molar-refractivity contribution in [3.05, 3.63) is 70.3 Å². The molecule has 0 aliphatic carbocycles. The summed E-state index contributed by atoms with van der Waals surface area (Å²) in [5.74, 6) is -0.0477. The monoisotopic (exact) mass is 426 g/mol. The Bertz CT molecular complexity index is 984. The zero-order chi connectivity index (χ0) is 18.8. The molecule has 4 rings (SSSR count). The number of para-hydroxylation sites is 1. The first-order chi connectivity index (χ1) is 13.1. The maximum absolute atomic E-state index is 13.1. The number of aromatic amines is 1. The molecule has 0 radical (unpaired) electrons. The van der Waals surface area contributed by atoms with Gasteiger partial charge in [-0.3, -0.25) is 9.69 Å². The lowest BCUT2D eigenvalue weighted by Crippen LogP contribution is -2.40. The Balaban J connectivity index is 1.51. The molecule has 1 aromatic heterocycles. The molecule has 1 unspecified atom stereocenters. The third-order valence-electron chi connectivity index (χ3n) is 4.93. The number of Topliss-reactive ketones (excluding diaryl/α,β-unsaturated/α-hetero) is 1. The number of ether oxygens (including phenoxy) is 1. The van der Waals surface area contributed by atoms with Crippen LogP contribution in [0.2, 0.25) is 0 Å². The van der Waals surface area contributed by atoms with Crippen molar-refractivity contribution in [2.24, 2.45) is 0 Å². The summed E-state index contributed by atoms with van der Waals surface area (Å²) >= 11 is 3.49. The van der Waals surface area contributed by atoms with Gasteiger partial charge in [0.05, 0.1) is 11.6 Å². The Morgan fingerprint density at radius 2 is 1.96 bits per heavy atom. The molecule has 1 fully saturated rings. The van der Waals surface area contributed by atoms with E-state index in [9.17, 15) is 9.59 Å². The summed E-state index contributed by atoms with van der Waals surface area (Å²) in [6.45, 7) is 0.743. The van der Waals surface area contributed by atoms with Gasteiger partial charge in [-0.25, -0.2) is 4.79 Å². The van der Waals surface area contributed by atoms with Gasteiger partial charge in [0.25, 0.3) is 0 Å². The Labute approximate surface area is 165 Å². The summed E-state index contributed by atoms with van der Waals surface area (Å²) in [4.78, 5) is 30.4. The van der Waals surface area contributed by atoms with Gasteiger partial charge < -0.3 is 9.72 Å². The standard InChI is InChI=1S/C21H19BrN2O3/c22-17-9-4-8-15-16(12-23-19(15)17)20(25)18-10-5-11-24(18)21(26)27-13-14-6-2-1-3-7-14/h1-4,6-9,12,18,23H,5,10-11,13H2. The van der Waals surface area contributed by atoms with Gasteiger partial charge in [-0.15, -0.1) is 0 Å². The first-order valence-electron chi connectivity index (χ1n) is 8.92. The molecular formula is C21H19BrN2O3. The second-order valence-electron chi connectivity index (χ2n) is 6.62. The highest BCUT2D eigenvalue weighted by Crippen LogP contribution is 2.29. The second kappa shape index (κ2) is 7.56. The lowest BCUT2D eigenvalue weighted by atomic mass is 10.0. The van der Waals surface area contributed by atoms with Gasteiger partial charge in [0.1, 0.15) is 6.61 Å². The van der Waals surface area contributed by atoms with E-state index in [2.05, 4.69) is 20.9 Å². The smallest absolute Gasteiger partial charge is 0.410 e. The molecule has 0 bridgehead atoms. The third-order valence-corrected chi connectivity index (χ3v) is 5.59. The molecule has 0 spiro atoms. The first kappa shape index (κ1) is 17.8. The van der Waals surface area contributed by atoms with Crippen LogP contribution < -0.4 is 0 Å². The number of aromatic nitrogens is 1. The van der Waals surface area contributed by atoms with E-state index >= 15 is 0 Å². The van der Waals surface area contributed by atoms with Crippen LogP contribution in [0.15, 0.2) is 59.2 Å². The fraction of sp³-hybridized carbons (Fsp3) is 0.238. The Kier molecular flexibility index (Phi) is 4.99. The molecule has 1 saturated heterocycles. The van der Waals surface area contributed by atoms with Crippen molar-refractivity contribution in [3.8, 4) is 0 Å². The number of hydrogen-bond donors (Lipinski definition) is 1. The number of halogens is 1. The van der Waals surface area contributed by atoms with Crippen LogP contribution in [0.3, 0.4) is 0 Å². The van der Waals surface area contributed by atoms with Crippen LogP contribution in [0.1, 0.15) is 28.8 Å². The third kappa shape index (κ3) is 3.49. The van der Waals surface area contributed by atoms with Crippen LogP contribution in [0.25, 0.3) is 10.9 Å². The van der Waals surface area contributed by atoms with Crippen LogP contribution in [-0.2, 0) is 11.3 Å². The molecule has 1 amide bonds. The molecule has 1 aliphatic heterocycles. The number of rotatable bonds is 4. The Morgan fingerprint density at radius 3 is 2.78 bits per heavy atom. The molecule has 1 N–H and O–H groups in total. The van der Waals surface area contributed by atoms with Gasteiger partial charge in [0, 0.05) is 28.2 Å². The minimum Gasteiger partial charge on any atom is -0.445 e. The second-order valence-corrected chi connectivity index (χ2v) is 7.47. The summed E-state index contributed by atoms with van der Waals surface area (Å²) in [7, 11) is 0. The summed E-state index contributed by atoms with van der Waals surface area (Å²) in [6.07, 6.45) is 2.74. The molecule has 2 aromatic carbocycles. The predicted octanol–water partition coefficient (Wildman–Crippen LogP) is 4.91. The van der Waals surface area contributed by atoms with Gasteiger partial charge in [0.2, 0.25) is 0 Å². The fourth-order valence-corrected chi connectivity index (χ4v) is 4.04. The number of hydrogen-bond acceptors (Lipinski definition) is 3. The normalized spacial score (nSPS) is 16.6. The number of ketones is 1. The zero-order valence-electron chi connectivity index (χ0n) is 14.7. The van der Waals surface area contributed by atoms with E-state index in [1.165, 1.54) is 0 Å². The maximum atomic E-state index is 13.1. The minimum atomic E-state index is -0.480. The van der Waals surface area contributed by atoms with E-state index in [1.54, 1.807) is 11.1 Å². The molecule has 0 saturated carbocycles. The van der Waals surface area contributed by atoms with Gasteiger partial charge in [-0.2, -0.15) is 0 Å². The molecule has 27 heavy (non-hydrogen) atoms. The lowest BCUT2D eigenvalue weighted by molar-refractivity contribution is 0.0739. The summed E-state index contributed by atoms with van der Waals surface area (Å²) in [5.41, 5.74) is 2.42. The van der Waals surface area contributed by atoms with E-state index in [4.69, 9.17) is 4.74 Å². The SMILES string of the molecule is O=C(c1c[nH]c2c(Br)cccc12)C1CCCN1C(=O)OCc1ccccc1. The maximum Gasteiger partial charge on any atom is 0.410 e. The average Bonchev–Trinajstić information content (AvgIpc) is 3.34. The summed E-state index contributed by atoms with van der Waals surface area (Å²) in [6, 6.07) is 14.8. The van der Waals surface area contributed by atoms with E-state index < -0.39 is 12.1 Å². The Morgan fingerprint density at radius 1 is 1.15 bits per heavy atom. The lowest BCUT2D eigenvalue weighted by Gasteiger charge is -2.23. The molecule has 2 heterocycles. The topological polar surface area (TPSA) is 62.4 Å². The number of amides is 1. The molecular weight excluding hydrogens is 408 g/mol. The number of nitrogens with zero attached hydrogens (tertiary/aromatic N) is 1. The van der Waals surface area contributed by atoms with Crippen LogP contribution in [0.4, 0.5) is 4.79 Å². The molecule has 5 nitrogen and oxygen atoms in total. The highest BCUT2D eigenvalue weighted by molar-refractivity contribution is 9.10. The minimum absolute atomic E-state index is 0.0477. The molecule has 1 atom stereocenters. The summed E-state index contributed by atoms with van der Waals surface area (Å²) in [5, 5.41) is 0.860. The van der Waals surface area contributed by atoms with E-state index in [0.29, 0.717) is 18.5 Å². The number of carbonyl (C=O) groups excluding carboxylic acids is 2. The van der Waals surface area contributed by atoms with Crippen LogP contribution in [0.5, 0.6) is 0 Å². The van der Waals surface area contributed by atoms with Crippen LogP contribution in [0, 0.1) is 0 Å². The average molecular weight is 427 g/mol. The van der Waals surface area contributed by atoms with E-state index in [0.717, 1.165) is 27.4 Å². The first-order valence-corrected chi connectivity index (χ1v) is 9.71. The van der Waals surface area contributed by atoms with Crippen molar-refractivity contribution >= 4 is 38.7 Å². The van der Waals surface area contributed by atoms with Crippen molar-refractivity contribution in [1.82, 2.24) is 9.88 Å². The van der Waals surface area contributed by atoms with Crippen molar-refractivity contribution in [1.29, 1.82) is 0 Å². The molecule has 6 heteroatoms. The van der Waals surface area contributed by atoms with Crippen molar-refractivity contribution in [2.45, 2.75) is 25.5 Å². The fourth-order valence-electron chi connectivity index (χ4n) is 3.56. The quantitative estimate of drug-likeness (QED) is 0.602. The van der Waals surface area contributed by atoms with E-state index in [1.807, 2.05) is 48.5 Å². The van der Waals surface area contributed by atoms with Crippen molar-refractivity contribution in [2.75, 3.05) is 6.54 Å². The molecule has 1 aliphatic rings. The zero-order valence-corrected chi connectivity index (χ0v) is 16.2. The molecule has 138 valence electrons. The van der Waals surface area contributed by atoms with Gasteiger partial charge in [-0.05, 0) is 40.4 Å². The number of carbonyl (C=O) groups is 2. The molecule has 3 aromatic rings. The largest absolute Gasteiger partial charge is 0.445 e. The predicted molar refractivity (Wildman–Crippen MR) is 107 cm³/mol. The number of likely N-dealkylation sites (tertiary alicyclic amines) is 1. The Hall–Kier alpha value is -2.60. The number of nitrogens with one attached hydrogen (secondary N) is 1. The summed E-state index contributed by atoms with van der Waals surface area (Å²) < 4.78 is 6.34. The van der Waals surface area contributed by atoms with Crippen molar-refractivity contribution < 1.29 is 14.3 Å². The van der Waals surface area contributed by atoms with Gasteiger partial charge >= 0.3 is 6.09 Å². The number of fused-ring (bicyclic) bond motifs is 1. The van der Waals surface area contributed by atoms with Crippen molar-refractivity contribution in [3.63, 3.8) is 0 Å². The van der Waals surface area contributed by atoms with Crippen LogP contribution >= 0.6 is 15.9 Å². The highest BCUT2D eigenvalue weighted by atomic mass is 79.9. The van der Waals surface area contributed by atoms with E-state index in [-0.39, 0.29) is 12.4 Å². The van der Waals surface area contributed by atoms with Crippen LogP contribution in [-0.4, -0.2) is 34.3 Å².